The molecule has 10 heteroatoms. The Hall–Kier alpha value is -3.56. The molecule has 0 bridgehead atoms. The van der Waals surface area contributed by atoms with E-state index in [0.717, 1.165) is 0 Å². The van der Waals surface area contributed by atoms with Gasteiger partial charge in [-0.25, -0.2) is 0 Å². The highest BCUT2D eigenvalue weighted by atomic mass is 19.4. The van der Waals surface area contributed by atoms with Gasteiger partial charge in [0.1, 0.15) is 5.75 Å². The zero-order chi connectivity index (χ0) is 20.3. The van der Waals surface area contributed by atoms with Crippen molar-refractivity contribution in [3.63, 3.8) is 0 Å². The van der Waals surface area contributed by atoms with Crippen molar-refractivity contribution in [2.45, 2.75) is 19.2 Å². The number of rotatable bonds is 6. The monoisotopic (exact) mass is 393 g/mol. The highest BCUT2D eigenvalue weighted by Crippen LogP contribution is 2.30. The van der Waals surface area contributed by atoms with Crippen molar-refractivity contribution in [1.29, 1.82) is 0 Å². The summed E-state index contributed by atoms with van der Waals surface area (Å²) in [5.74, 6) is -1.66. The quantitative estimate of drug-likeness (QED) is 0.589. The second-order valence-corrected chi connectivity index (χ2v) is 5.85. The maximum atomic E-state index is 12.4. The van der Waals surface area contributed by atoms with E-state index in [1.165, 1.54) is 18.2 Å². The average Bonchev–Trinajstić information content (AvgIpc) is 3.01. The Labute approximate surface area is 156 Å². The van der Waals surface area contributed by atoms with E-state index in [2.05, 4.69) is 20.3 Å². The first kappa shape index (κ1) is 19.2. The van der Waals surface area contributed by atoms with Gasteiger partial charge in [0.25, 0.3) is 0 Å². The number of carbonyl (C=O) groups is 2. The lowest BCUT2D eigenvalue weighted by Gasteiger charge is -2.10. The summed E-state index contributed by atoms with van der Waals surface area (Å²) in [7, 11) is 0. The normalized spacial score (nSPS) is 11.4. The Kier molecular flexibility index (Phi) is 5.21. The molecule has 0 aliphatic rings. The zero-order valence-corrected chi connectivity index (χ0v) is 14.2. The largest absolute Gasteiger partial charge is 0.573 e. The van der Waals surface area contributed by atoms with Gasteiger partial charge in [0.15, 0.2) is 5.82 Å². The number of hydrogen-bond acceptors (Lipinski definition) is 4. The van der Waals surface area contributed by atoms with Gasteiger partial charge in [-0.05, 0) is 35.4 Å². The highest BCUT2D eigenvalue weighted by molar-refractivity contribution is 6.01. The molecule has 3 N–H and O–H groups in total. The predicted octanol–water partition coefficient (Wildman–Crippen LogP) is 3.93. The summed E-state index contributed by atoms with van der Waals surface area (Å²) < 4.78 is 41.1. The predicted molar refractivity (Wildman–Crippen MR) is 93.7 cm³/mol. The van der Waals surface area contributed by atoms with E-state index >= 15 is 0 Å². The Balaban J connectivity index is 1.81. The first-order chi connectivity index (χ1) is 13.2. The minimum absolute atomic E-state index is 0.187. The smallest absolute Gasteiger partial charge is 0.481 e. The Morgan fingerprint density at radius 2 is 1.86 bits per heavy atom. The molecule has 1 amide bonds. The second-order valence-electron chi connectivity index (χ2n) is 5.85. The molecule has 0 radical (unpaired) electrons. The number of alkyl halides is 3. The van der Waals surface area contributed by atoms with Crippen molar-refractivity contribution in [3.05, 3.63) is 42.5 Å². The zero-order valence-electron chi connectivity index (χ0n) is 14.2. The number of fused-ring (bicyclic) bond motifs is 1. The molecule has 1 aromatic heterocycles. The van der Waals surface area contributed by atoms with Gasteiger partial charge < -0.3 is 15.2 Å². The number of amides is 1. The fourth-order valence-electron chi connectivity index (χ4n) is 2.58. The Morgan fingerprint density at radius 1 is 1.11 bits per heavy atom. The number of ether oxygens (including phenoxy) is 1. The number of benzene rings is 2. The third kappa shape index (κ3) is 4.78. The number of aromatic amines is 1. The summed E-state index contributed by atoms with van der Waals surface area (Å²) >= 11 is 0. The molecular formula is C18H14F3N3O4. The van der Waals surface area contributed by atoms with Gasteiger partial charge >= 0.3 is 12.3 Å². The summed E-state index contributed by atoms with van der Waals surface area (Å²) in [6.07, 6.45) is -5.26. The molecule has 0 unspecified atom stereocenters. The first-order valence-electron chi connectivity index (χ1n) is 8.07. The standard InChI is InChI=1S/C18H14F3N3O4/c19-18(20,21)28-12-3-1-2-10(8-12)11-4-5-13-14(9-11)23-24-17(13)22-15(25)6-7-16(26)27/h1-5,8-9H,6-7H2,(H,26,27)(H2,22,23,24,25). The lowest BCUT2D eigenvalue weighted by Crippen LogP contribution is -2.17. The van der Waals surface area contributed by atoms with Crippen molar-refractivity contribution < 1.29 is 32.6 Å². The van der Waals surface area contributed by atoms with Crippen LogP contribution in [-0.4, -0.2) is 33.5 Å². The van der Waals surface area contributed by atoms with Crippen LogP contribution in [0.25, 0.3) is 22.0 Å². The van der Waals surface area contributed by atoms with Crippen LogP contribution in [-0.2, 0) is 9.59 Å². The number of hydrogen-bond donors (Lipinski definition) is 3. The molecule has 0 atom stereocenters. The number of nitrogens with zero attached hydrogens (tertiary/aromatic N) is 1. The average molecular weight is 393 g/mol. The number of carboxylic acids is 1. The third-order valence-corrected chi connectivity index (χ3v) is 3.79. The molecule has 3 aromatic rings. The molecule has 2 aromatic carbocycles. The fraction of sp³-hybridized carbons (Fsp3) is 0.167. The molecule has 3 rings (SSSR count). The van der Waals surface area contributed by atoms with Crippen molar-refractivity contribution in [3.8, 4) is 16.9 Å². The first-order valence-corrected chi connectivity index (χ1v) is 8.07. The molecule has 0 saturated carbocycles. The van der Waals surface area contributed by atoms with Crippen molar-refractivity contribution in [2.75, 3.05) is 5.32 Å². The number of carbonyl (C=O) groups excluding carboxylic acids is 1. The molecule has 1 heterocycles. The maximum Gasteiger partial charge on any atom is 0.573 e. The summed E-state index contributed by atoms with van der Waals surface area (Å²) in [5.41, 5.74) is 1.67. The van der Waals surface area contributed by atoms with Gasteiger partial charge in [0.2, 0.25) is 5.91 Å². The summed E-state index contributed by atoms with van der Waals surface area (Å²) in [6.45, 7) is 0. The van der Waals surface area contributed by atoms with Gasteiger partial charge in [-0.1, -0.05) is 18.2 Å². The topological polar surface area (TPSA) is 104 Å². The van der Waals surface area contributed by atoms with Crippen LogP contribution < -0.4 is 10.1 Å². The van der Waals surface area contributed by atoms with Gasteiger partial charge in [-0.15, -0.1) is 13.2 Å². The highest BCUT2D eigenvalue weighted by Gasteiger charge is 2.31. The lowest BCUT2D eigenvalue weighted by molar-refractivity contribution is -0.274. The summed E-state index contributed by atoms with van der Waals surface area (Å²) in [6, 6.07) is 10.5. The van der Waals surface area contributed by atoms with Crippen LogP contribution in [0, 0.1) is 0 Å². The molecular weight excluding hydrogens is 379 g/mol. The number of halogens is 3. The fourth-order valence-corrected chi connectivity index (χ4v) is 2.58. The molecule has 28 heavy (non-hydrogen) atoms. The number of nitrogens with one attached hydrogen (secondary N) is 2. The lowest BCUT2D eigenvalue weighted by atomic mass is 10.0. The van der Waals surface area contributed by atoms with Gasteiger partial charge in [0.05, 0.1) is 11.9 Å². The van der Waals surface area contributed by atoms with E-state index in [1.54, 1.807) is 24.3 Å². The van der Waals surface area contributed by atoms with E-state index in [1.807, 2.05) is 0 Å². The van der Waals surface area contributed by atoms with Crippen LogP contribution >= 0.6 is 0 Å². The molecule has 0 spiro atoms. The van der Waals surface area contributed by atoms with Crippen LogP contribution in [0.5, 0.6) is 5.75 Å². The van der Waals surface area contributed by atoms with E-state index in [-0.39, 0.29) is 24.4 Å². The van der Waals surface area contributed by atoms with Gasteiger partial charge in [-0.2, -0.15) is 5.10 Å². The SMILES string of the molecule is O=C(O)CCC(=O)Nc1n[nH]c2cc(-c3cccc(OC(F)(F)F)c3)ccc12. The Morgan fingerprint density at radius 3 is 2.57 bits per heavy atom. The summed E-state index contributed by atoms with van der Waals surface area (Å²) in [5, 5.41) is 18.4. The third-order valence-electron chi connectivity index (χ3n) is 3.79. The van der Waals surface area contributed by atoms with E-state index in [4.69, 9.17) is 5.11 Å². The minimum atomic E-state index is -4.78. The van der Waals surface area contributed by atoms with E-state index in [9.17, 15) is 22.8 Å². The number of carboxylic acid groups (broad SMARTS) is 1. The molecule has 7 nitrogen and oxygen atoms in total. The maximum absolute atomic E-state index is 12.4. The number of H-pyrrole nitrogens is 1. The molecule has 0 fully saturated rings. The Bertz CT molecular complexity index is 1030. The van der Waals surface area contributed by atoms with Crippen molar-refractivity contribution in [2.24, 2.45) is 0 Å². The van der Waals surface area contributed by atoms with Crippen LogP contribution in [0.1, 0.15) is 12.8 Å². The number of aromatic nitrogens is 2. The van der Waals surface area contributed by atoms with E-state index in [0.29, 0.717) is 22.0 Å². The summed E-state index contributed by atoms with van der Waals surface area (Å²) in [4.78, 5) is 22.3. The second kappa shape index (κ2) is 7.59. The van der Waals surface area contributed by atoms with Crippen LogP contribution in [0.4, 0.5) is 19.0 Å². The van der Waals surface area contributed by atoms with Crippen molar-refractivity contribution >= 4 is 28.6 Å². The van der Waals surface area contributed by atoms with Crippen LogP contribution in [0.2, 0.25) is 0 Å². The molecule has 0 aliphatic carbocycles. The molecule has 0 aliphatic heterocycles. The van der Waals surface area contributed by atoms with Gasteiger partial charge in [0, 0.05) is 11.8 Å². The molecule has 0 saturated heterocycles. The van der Waals surface area contributed by atoms with Crippen LogP contribution in [0.3, 0.4) is 0 Å². The van der Waals surface area contributed by atoms with Crippen LogP contribution in [0.15, 0.2) is 42.5 Å². The minimum Gasteiger partial charge on any atom is -0.481 e. The number of anilines is 1. The van der Waals surface area contributed by atoms with Gasteiger partial charge in [-0.3, -0.25) is 14.7 Å². The number of aliphatic carboxylic acids is 1. The van der Waals surface area contributed by atoms with E-state index < -0.39 is 18.2 Å². The molecule has 146 valence electrons. The van der Waals surface area contributed by atoms with Crippen molar-refractivity contribution in [1.82, 2.24) is 10.2 Å².